The van der Waals surface area contributed by atoms with Gasteiger partial charge >= 0.3 is 0 Å². The summed E-state index contributed by atoms with van der Waals surface area (Å²) in [6.45, 7) is 1.26. The molecule has 1 fully saturated rings. The van der Waals surface area contributed by atoms with Crippen molar-refractivity contribution in [1.29, 1.82) is 0 Å². The molecule has 6 nitrogen and oxygen atoms in total. The Bertz CT molecular complexity index is 1150. The summed E-state index contributed by atoms with van der Waals surface area (Å²) in [6.07, 6.45) is 1.05. The molecular weight excluding hydrogens is 456 g/mol. The van der Waals surface area contributed by atoms with E-state index in [4.69, 9.17) is 26.1 Å². The van der Waals surface area contributed by atoms with Gasteiger partial charge in [0.2, 0.25) is 0 Å². The Morgan fingerprint density at radius 1 is 1.06 bits per heavy atom. The normalized spacial score (nSPS) is 15.1. The molecule has 0 unspecified atom stereocenters. The Morgan fingerprint density at radius 2 is 1.77 bits per heavy atom. The number of thiazole rings is 1. The molecule has 1 saturated heterocycles. The molecule has 1 aromatic heterocycles. The summed E-state index contributed by atoms with van der Waals surface area (Å²) in [4.78, 5) is 7.08. The van der Waals surface area contributed by atoms with Gasteiger partial charge in [-0.2, -0.15) is 0 Å². The summed E-state index contributed by atoms with van der Waals surface area (Å²) in [7, 11) is -0.553. The van der Waals surface area contributed by atoms with Crippen LogP contribution in [-0.2, 0) is 9.84 Å². The molecular formula is C22H23ClN2O4S2. The fourth-order valence-corrected chi connectivity index (χ4v) is 6.62. The maximum atomic E-state index is 13.3. The van der Waals surface area contributed by atoms with Crippen molar-refractivity contribution in [2.75, 3.05) is 32.2 Å². The Kier molecular flexibility index (Phi) is 6.41. The fraction of sp³-hybridized carbons (Fsp3) is 0.318. The van der Waals surface area contributed by atoms with Crippen LogP contribution in [0.3, 0.4) is 0 Å². The van der Waals surface area contributed by atoms with Crippen LogP contribution in [0.25, 0.3) is 11.3 Å². The Labute approximate surface area is 191 Å². The van der Waals surface area contributed by atoms with Gasteiger partial charge in [0, 0.05) is 35.1 Å². The highest BCUT2D eigenvalue weighted by molar-refractivity contribution is 7.92. The van der Waals surface area contributed by atoms with Gasteiger partial charge in [0.15, 0.2) is 15.0 Å². The van der Waals surface area contributed by atoms with Crippen molar-refractivity contribution in [2.24, 2.45) is 0 Å². The zero-order valence-electron chi connectivity index (χ0n) is 17.2. The molecule has 0 amide bonds. The lowest BCUT2D eigenvalue weighted by Crippen LogP contribution is -2.39. The molecule has 164 valence electrons. The zero-order valence-corrected chi connectivity index (χ0v) is 19.6. The molecule has 1 aliphatic rings. The molecule has 0 spiro atoms. The standard InChI is InChI=1S/C22H23ClN2O4S2/c1-28-17-7-8-20(29-2)21(13-17)31(26,27)18-9-11-25(12-10-18)22-24-19(14-30-22)15-3-5-16(23)6-4-15/h3-8,13-14,18H,9-12H2,1-2H3. The van der Waals surface area contributed by atoms with Gasteiger partial charge in [-0.15, -0.1) is 11.3 Å². The summed E-state index contributed by atoms with van der Waals surface area (Å²) in [6, 6.07) is 12.5. The first-order valence-corrected chi connectivity index (χ1v) is 12.6. The highest BCUT2D eigenvalue weighted by atomic mass is 35.5. The summed E-state index contributed by atoms with van der Waals surface area (Å²) in [5.74, 6) is 0.838. The van der Waals surface area contributed by atoms with Crippen LogP contribution in [0.4, 0.5) is 5.13 Å². The lowest BCUT2D eigenvalue weighted by molar-refractivity contribution is 0.391. The predicted molar refractivity (Wildman–Crippen MR) is 125 cm³/mol. The molecule has 0 N–H and O–H groups in total. The molecule has 31 heavy (non-hydrogen) atoms. The van der Waals surface area contributed by atoms with E-state index in [9.17, 15) is 8.42 Å². The number of piperidine rings is 1. The molecule has 0 radical (unpaired) electrons. The van der Waals surface area contributed by atoms with Crippen LogP contribution in [0.1, 0.15) is 12.8 Å². The van der Waals surface area contributed by atoms with E-state index in [1.807, 2.05) is 29.6 Å². The summed E-state index contributed by atoms with van der Waals surface area (Å²) >= 11 is 7.53. The highest BCUT2D eigenvalue weighted by Gasteiger charge is 2.34. The van der Waals surface area contributed by atoms with Crippen molar-refractivity contribution in [3.63, 3.8) is 0 Å². The van der Waals surface area contributed by atoms with Gasteiger partial charge in [-0.05, 0) is 37.1 Å². The third kappa shape index (κ3) is 4.51. The van der Waals surface area contributed by atoms with Crippen molar-refractivity contribution in [3.8, 4) is 22.8 Å². The molecule has 1 aliphatic heterocycles. The van der Waals surface area contributed by atoms with Crippen LogP contribution >= 0.6 is 22.9 Å². The minimum atomic E-state index is -3.55. The van der Waals surface area contributed by atoms with Gasteiger partial charge in [-0.1, -0.05) is 23.7 Å². The third-order valence-corrected chi connectivity index (χ3v) is 8.90. The number of sulfone groups is 1. The van der Waals surface area contributed by atoms with E-state index in [0.717, 1.165) is 16.4 Å². The summed E-state index contributed by atoms with van der Waals surface area (Å²) < 4.78 is 37.2. The number of aromatic nitrogens is 1. The monoisotopic (exact) mass is 478 g/mol. The molecule has 3 aromatic rings. The largest absolute Gasteiger partial charge is 0.497 e. The van der Waals surface area contributed by atoms with Gasteiger partial charge in [0.1, 0.15) is 16.4 Å². The van der Waals surface area contributed by atoms with Crippen molar-refractivity contribution in [2.45, 2.75) is 23.0 Å². The number of ether oxygens (including phenoxy) is 2. The lowest BCUT2D eigenvalue weighted by atomic mass is 10.1. The average molecular weight is 479 g/mol. The Morgan fingerprint density at radius 3 is 2.42 bits per heavy atom. The molecule has 2 heterocycles. The number of rotatable bonds is 6. The van der Waals surface area contributed by atoms with E-state index >= 15 is 0 Å². The van der Waals surface area contributed by atoms with Crippen molar-refractivity contribution in [1.82, 2.24) is 4.98 Å². The molecule has 0 bridgehead atoms. The smallest absolute Gasteiger partial charge is 0.185 e. The Hall–Kier alpha value is -2.29. The number of halogens is 1. The first-order chi connectivity index (χ1) is 14.9. The molecule has 9 heteroatoms. The maximum Gasteiger partial charge on any atom is 0.185 e. The quantitative estimate of drug-likeness (QED) is 0.500. The van der Waals surface area contributed by atoms with Crippen LogP contribution in [0, 0.1) is 0 Å². The van der Waals surface area contributed by atoms with Gasteiger partial charge < -0.3 is 14.4 Å². The third-order valence-electron chi connectivity index (χ3n) is 5.46. The van der Waals surface area contributed by atoms with Gasteiger partial charge in [-0.3, -0.25) is 0 Å². The highest BCUT2D eigenvalue weighted by Crippen LogP contribution is 2.35. The maximum absolute atomic E-state index is 13.3. The number of nitrogens with zero attached hydrogens (tertiary/aromatic N) is 2. The van der Waals surface area contributed by atoms with Gasteiger partial charge in [0.25, 0.3) is 0 Å². The summed E-state index contributed by atoms with van der Waals surface area (Å²) in [5, 5.41) is 3.14. The number of anilines is 1. The lowest BCUT2D eigenvalue weighted by Gasteiger charge is -2.31. The number of benzene rings is 2. The molecule has 0 atom stereocenters. The number of hydrogen-bond acceptors (Lipinski definition) is 7. The van der Waals surface area contributed by atoms with Crippen LogP contribution in [0.15, 0.2) is 52.7 Å². The second-order valence-electron chi connectivity index (χ2n) is 7.27. The van der Waals surface area contributed by atoms with E-state index in [2.05, 4.69) is 4.90 Å². The molecule has 4 rings (SSSR count). The van der Waals surface area contributed by atoms with Crippen LogP contribution in [0.5, 0.6) is 11.5 Å². The minimum Gasteiger partial charge on any atom is -0.497 e. The zero-order chi connectivity index (χ0) is 22.0. The van der Waals surface area contributed by atoms with Crippen molar-refractivity contribution < 1.29 is 17.9 Å². The fourth-order valence-electron chi connectivity index (χ4n) is 3.71. The molecule has 2 aromatic carbocycles. The SMILES string of the molecule is COc1ccc(OC)c(S(=O)(=O)C2CCN(c3nc(-c4ccc(Cl)cc4)cs3)CC2)c1. The topological polar surface area (TPSA) is 68.7 Å². The van der Waals surface area contributed by atoms with Gasteiger partial charge in [-0.25, -0.2) is 13.4 Å². The van der Waals surface area contributed by atoms with E-state index in [1.165, 1.54) is 14.2 Å². The van der Waals surface area contributed by atoms with Crippen molar-refractivity contribution in [3.05, 3.63) is 52.9 Å². The van der Waals surface area contributed by atoms with E-state index < -0.39 is 15.1 Å². The predicted octanol–water partition coefficient (Wildman–Crippen LogP) is 4.92. The first kappa shape index (κ1) is 21.9. The average Bonchev–Trinajstić information content (AvgIpc) is 3.29. The first-order valence-electron chi connectivity index (χ1n) is 9.84. The number of hydrogen-bond donors (Lipinski definition) is 0. The molecule has 0 aliphatic carbocycles. The molecule has 0 saturated carbocycles. The van der Waals surface area contributed by atoms with Crippen LogP contribution < -0.4 is 14.4 Å². The van der Waals surface area contributed by atoms with E-state index in [-0.39, 0.29) is 4.90 Å². The number of methoxy groups -OCH3 is 2. The Balaban J connectivity index is 1.48. The van der Waals surface area contributed by atoms with Crippen LogP contribution in [0.2, 0.25) is 5.02 Å². The summed E-state index contributed by atoms with van der Waals surface area (Å²) in [5.41, 5.74) is 1.90. The second kappa shape index (κ2) is 9.06. The second-order valence-corrected chi connectivity index (χ2v) is 10.7. The van der Waals surface area contributed by atoms with Crippen molar-refractivity contribution >= 4 is 37.9 Å². The van der Waals surface area contributed by atoms with E-state index in [1.54, 1.807) is 29.5 Å². The van der Waals surface area contributed by atoms with Crippen LogP contribution in [-0.4, -0.2) is 46.0 Å². The minimum absolute atomic E-state index is 0.187. The van der Waals surface area contributed by atoms with E-state index in [0.29, 0.717) is 42.5 Å². The van der Waals surface area contributed by atoms with Gasteiger partial charge in [0.05, 0.1) is 25.2 Å².